The highest BCUT2D eigenvalue weighted by Gasteiger charge is 2.30. The summed E-state index contributed by atoms with van der Waals surface area (Å²) < 4.78 is 38.6. The van der Waals surface area contributed by atoms with Gasteiger partial charge in [-0.1, -0.05) is 40.8 Å². The second kappa shape index (κ2) is 9.45. The van der Waals surface area contributed by atoms with Gasteiger partial charge in [-0.25, -0.2) is 0 Å². The number of thioether (sulfide) groups is 1. The summed E-state index contributed by atoms with van der Waals surface area (Å²) in [6.45, 7) is 0. The highest BCUT2D eigenvalue weighted by molar-refractivity contribution is 8.01. The molecule has 2 amide bonds. The molecule has 0 aliphatic heterocycles. The van der Waals surface area contributed by atoms with E-state index in [0.29, 0.717) is 14.9 Å². The summed E-state index contributed by atoms with van der Waals surface area (Å²) in [5, 5.41) is 13.4. The molecule has 0 aliphatic rings. The predicted octanol–water partition coefficient (Wildman–Crippen LogP) is 5.19. The van der Waals surface area contributed by atoms with Crippen LogP contribution in [0.2, 0.25) is 5.02 Å². The molecule has 2 N–H and O–H groups in total. The van der Waals surface area contributed by atoms with Crippen molar-refractivity contribution >= 4 is 57.3 Å². The highest BCUT2D eigenvalue weighted by atomic mass is 35.5. The molecular formula is C18H12ClF3N4O2S2. The molecule has 0 fully saturated rings. The number of nitrogens with one attached hydrogen (secondary N) is 2. The highest BCUT2D eigenvalue weighted by Crippen LogP contribution is 2.31. The first kappa shape index (κ1) is 22.1. The summed E-state index contributed by atoms with van der Waals surface area (Å²) in [7, 11) is 0. The normalized spacial score (nSPS) is 11.2. The number of aromatic nitrogens is 2. The molecule has 0 spiro atoms. The molecule has 3 aromatic rings. The monoisotopic (exact) mass is 472 g/mol. The van der Waals surface area contributed by atoms with Crippen LogP contribution in [0.1, 0.15) is 15.9 Å². The van der Waals surface area contributed by atoms with E-state index in [1.807, 2.05) is 0 Å². The standard InChI is InChI=1S/C18H12ClF3N4O2S2/c19-12-6-4-10(5-7-12)15(28)24-16-25-26-17(30-16)29-9-14(27)23-13-3-1-2-11(8-13)18(20,21)22/h1-8H,9H2,(H,23,27)(H,24,25,28). The lowest BCUT2D eigenvalue weighted by atomic mass is 10.2. The summed E-state index contributed by atoms with van der Waals surface area (Å²) in [5.41, 5.74) is -0.411. The van der Waals surface area contributed by atoms with Gasteiger partial charge in [0.1, 0.15) is 0 Å². The van der Waals surface area contributed by atoms with E-state index in [1.54, 1.807) is 24.3 Å². The molecule has 0 radical (unpaired) electrons. The molecule has 156 valence electrons. The van der Waals surface area contributed by atoms with Gasteiger partial charge in [-0.05, 0) is 42.5 Å². The Bertz CT molecular complexity index is 1060. The molecule has 12 heteroatoms. The van der Waals surface area contributed by atoms with Crippen molar-refractivity contribution in [1.29, 1.82) is 0 Å². The number of nitrogens with zero attached hydrogens (tertiary/aromatic N) is 2. The molecule has 0 unspecified atom stereocenters. The molecule has 0 saturated heterocycles. The summed E-state index contributed by atoms with van der Waals surface area (Å²) >= 11 is 7.89. The van der Waals surface area contributed by atoms with Crippen LogP contribution in [0, 0.1) is 0 Å². The van der Waals surface area contributed by atoms with Gasteiger partial charge in [-0.2, -0.15) is 13.2 Å². The van der Waals surface area contributed by atoms with Crippen molar-refractivity contribution in [2.45, 2.75) is 10.5 Å². The molecule has 2 aromatic carbocycles. The lowest BCUT2D eigenvalue weighted by molar-refractivity contribution is -0.137. The van der Waals surface area contributed by atoms with Crippen LogP contribution in [-0.4, -0.2) is 27.8 Å². The zero-order valence-electron chi connectivity index (χ0n) is 14.9. The fourth-order valence-corrected chi connectivity index (χ4v) is 3.86. The van der Waals surface area contributed by atoms with Crippen molar-refractivity contribution in [2.75, 3.05) is 16.4 Å². The Morgan fingerprint density at radius 2 is 1.80 bits per heavy atom. The molecule has 1 heterocycles. The molecule has 3 rings (SSSR count). The third-order valence-corrected chi connectivity index (χ3v) is 5.76. The number of carbonyl (C=O) groups excluding carboxylic acids is 2. The van der Waals surface area contributed by atoms with Gasteiger partial charge in [-0.15, -0.1) is 10.2 Å². The van der Waals surface area contributed by atoms with Gasteiger partial charge in [0, 0.05) is 16.3 Å². The first-order valence-corrected chi connectivity index (χ1v) is 10.4. The maximum absolute atomic E-state index is 12.7. The van der Waals surface area contributed by atoms with E-state index in [9.17, 15) is 22.8 Å². The van der Waals surface area contributed by atoms with Crippen molar-refractivity contribution in [3.63, 3.8) is 0 Å². The molecule has 0 atom stereocenters. The largest absolute Gasteiger partial charge is 0.416 e. The number of halogens is 4. The van der Waals surface area contributed by atoms with Gasteiger partial charge in [0.2, 0.25) is 11.0 Å². The molecule has 1 aromatic heterocycles. The Balaban J connectivity index is 1.52. The van der Waals surface area contributed by atoms with E-state index in [4.69, 9.17) is 11.6 Å². The minimum atomic E-state index is -4.49. The van der Waals surface area contributed by atoms with E-state index in [2.05, 4.69) is 20.8 Å². The third kappa shape index (κ3) is 6.18. The van der Waals surface area contributed by atoms with Crippen molar-refractivity contribution in [2.24, 2.45) is 0 Å². The zero-order chi connectivity index (χ0) is 21.7. The van der Waals surface area contributed by atoms with E-state index in [-0.39, 0.29) is 22.5 Å². The fourth-order valence-electron chi connectivity index (χ4n) is 2.19. The van der Waals surface area contributed by atoms with Gasteiger partial charge < -0.3 is 5.32 Å². The van der Waals surface area contributed by atoms with Gasteiger partial charge in [-0.3, -0.25) is 14.9 Å². The first-order valence-electron chi connectivity index (χ1n) is 8.21. The van der Waals surface area contributed by atoms with E-state index in [0.717, 1.165) is 35.2 Å². The SMILES string of the molecule is O=C(CSc1nnc(NC(=O)c2ccc(Cl)cc2)s1)Nc1cccc(C(F)(F)F)c1. The van der Waals surface area contributed by atoms with Gasteiger partial charge in [0.15, 0.2) is 4.34 Å². The van der Waals surface area contributed by atoms with Gasteiger partial charge in [0.05, 0.1) is 11.3 Å². The number of alkyl halides is 3. The van der Waals surface area contributed by atoms with Crippen LogP contribution < -0.4 is 10.6 Å². The Hall–Kier alpha value is -2.63. The molecule has 0 saturated carbocycles. The Morgan fingerprint density at radius 1 is 1.07 bits per heavy atom. The van der Waals surface area contributed by atoms with Gasteiger partial charge >= 0.3 is 6.18 Å². The number of anilines is 2. The average Bonchev–Trinajstić information content (AvgIpc) is 3.14. The molecule has 30 heavy (non-hydrogen) atoms. The summed E-state index contributed by atoms with van der Waals surface area (Å²) in [5.74, 6) is -0.973. The van der Waals surface area contributed by atoms with Crippen molar-refractivity contribution in [1.82, 2.24) is 10.2 Å². The van der Waals surface area contributed by atoms with E-state index in [1.165, 1.54) is 12.1 Å². The van der Waals surface area contributed by atoms with Crippen molar-refractivity contribution in [3.8, 4) is 0 Å². The number of carbonyl (C=O) groups is 2. The second-order valence-corrected chi connectivity index (χ2v) is 8.39. The number of amides is 2. The quantitative estimate of drug-likeness (QED) is 0.381. The smallest absolute Gasteiger partial charge is 0.325 e. The van der Waals surface area contributed by atoms with Crippen molar-refractivity contribution in [3.05, 3.63) is 64.7 Å². The molecule has 0 aliphatic carbocycles. The van der Waals surface area contributed by atoms with Crippen molar-refractivity contribution < 1.29 is 22.8 Å². The number of hydrogen-bond acceptors (Lipinski definition) is 6. The van der Waals surface area contributed by atoms with Crippen LogP contribution >= 0.6 is 34.7 Å². The molecule has 0 bridgehead atoms. The summed E-state index contributed by atoms with van der Waals surface area (Å²) in [6.07, 6.45) is -4.49. The topological polar surface area (TPSA) is 84.0 Å². The fraction of sp³-hybridized carbons (Fsp3) is 0.111. The number of rotatable bonds is 6. The van der Waals surface area contributed by atoms with Crippen LogP contribution in [0.4, 0.5) is 24.0 Å². The minimum Gasteiger partial charge on any atom is -0.325 e. The first-order chi connectivity index (χ1) is 14.2. The Labute approximate surface area is 181 Å². The van der Waals surface area contributed by atoms with Crippen LogP contribution in [0.15, 0.2) is 52.9 Å². The van der Waals surface area contributed by atoms with Crippen LogP contribution in [-0.2, 0) is 11.0 Å². The lowest BCUT2D eigenvalue weighted by Crippen LogP contribution is -2.15. The second-order valence-electron chi connectivity index (χ2n) is 5.75. The van der Waals surface area contributed by atoms with E-state index >= 15 is 0 Å². The zero-order valence-corrected chi connectivity index (χ0v) is 17.3. The van der Waals surface area contributed by atoms with E-state index < -0.39 is 17.6 Å². The maximum atomic E-state index is 12.7. The van der Waals surface area contributed by atoms with Crippen LogP contribution in [0.3, 0.4) is 0 Å². The predicted molar refractivity (Wildman–Crippen MR) is 110 cm³/mol. The van der Waals surface area contributed by atoms with Gasteiger partial charge in [0.25, 0.3) is 5.91 Å². The third-order valence-electron chi connectivity index (χ3n) is 3.53. The number of hydrogen-bond donors (Lipinski definition) is 2. The average molecular weight is 473 g/mol. The Morgan fingerprint density at radius 3 is 2.50 bits per heavy atom. The van der Waals surface area contributed by atoms with Crippen LogP contribution in [0.25, 0.3) is 0 Å². The minimum absolute atomic E-state index is 0.0450. The molecule has 6 nitrogen and oxygen atoms in total. The number of benzene rings is 2. The summed E-state index contributed by atoms with van der Waals surface area (Å²) in [4.78, 5) is 24.1. The summed E-state index contributed by atoms with van der Waals surface area (Å²) in [6, 6.07) is 10.7. The Kier molecular flexibility index (Phi) is 6.95. The molecular weight excluding hydrogens is 461 g/mol. The maximum Gasteiger partial charge on any atom is 0.416 e. The lowest BCUT2D eigenvalue weighted by Gasteiger charge is -2.09. The van der Waals surface area contributed by atoms with Crippen LogP contribution in [0.5, 0.6) is 0 Å².